The molecule has 0 radical (unpaired) electrons. The van der Waals surface area contributed by atoms with Gasteiger partial charge in [0, 0.05) is 24.0 Å². The number of aromatic nitrogens is 4. The minimum absolute atomic E-state index is 0.308. The van der Waals surface area contributed by atoms with Gasteiger partial charge >= 0.3 is 0 Å². The Morgan fingerprint density at radius 3 is 3.10 bits per heavy atom. The maximum Gasteiger partial charge on any atom is 0.226 e. The number of nitrogen functional groups attached to an aromatic ring is 1. The summed E-state index contributed by atoms with van der Waals surface area (Å²) >= 11 is 0. The first-order valence-corrected chi connectivity index (χ1v) is 7.63. The number of nitrogens with zero attached hydrogens (tertiary/aromatic N) is 3. The van der Waals surface area contributed by atoms with Gasteiger partial charge in [0.2, 0.25) is 5.95 Å². The van der Waals surface area contributed by atoms with Crippen LogP contribution < -0.4 is 11.1 Å². The second-order valence-corrected chi connectivity index (χ2v) is 6.52. The molecule has 2 aromatic rings. The minimum Gasteiger partial charge on any atom is -0.383 e. The van der Waals surface area contributed by atoms with Crippen molar-refractivity contribution in [3.05, 3.63) is 6.20 Å². The standard InChI is InChI=1S/C14H18N6O/c15-11-8-6-16-20-12(8)19-13(18-11)17-9-7-2-5-21-10(7)14(9)3-1-4-14/h6-7,9-10H,1-5H2,(H4,15,16,17,18,19,20). The lowest BCUT2D eigenvalue weighted by atomic mass is 9.46. The van der Waals surface area contributed by atoms with E-state index in [2.05, 4.69) is 25.5 Å². The van der Waals surface area contributed by atoms with Crippen LogP contribution in [-0.4, -0.2) is 38.9 Å². The molecule has 3 unspecified atom stereocenters. The van der Waals surface area contributed by atoms with Gasteiger partial charge in [0.1, 0.15) is 5.82 Å². The lowest BCUT2D eigenvalue weighted by Gasteiger charge is -2.63. The quantitative estimate of drug-likeness (QED) is 0.769. The number of hydrogen-bond donors (Lipinski definition) is 3. The van der Waals surface area contributed by atoms with Crippen LogP contribution in [0.1, 0.15) is 25.7 Å². The molecule has 1 spiro atoms. The Morgan fingerprint density at radius 1 is 1.38 bits per heavy atom. The summed E-state index contributed by atoms with van der Waals surface area (Å²) < 4.78 is 5.94. The van der Waals surface area contributed by atoms with Gasteiger partial charge in [0.05, 0.1) is 17.7 Å². The van der Waals surface area contributed by atoms with E-state index >= 15 is 0 Å². The molecule has 1 aliphatic heterocycles. The highest BCUT2D eigenvalue weighted by molar-refractivity contribution is 5.85. The molecule has 2 aliphatic carbocycles. The van der Waals surface area contributed by atoms with Crippen molar-refractivity contribution in [3.8, 4) is 0 Å². The molecule has 4 N–H and O–H groups in total. The van der Waals surface area contributed by atoms with E-state index in [9.17, 15) is 0 Å². The zero-order chi connectivity index (χ0) is 14.0. The van der Waals surface area contributed by atoms with E-state index < -0.39 is 0 Å². The number of nitrogens with two attached hydrogens (primary N) is 1. The summed E-state index contributed by atoms with van der Waals surface area (Å²) in [5.41, 5.74) is 6.98. The van der Waals surface area contributed by atoms with Gasteiger partial charge in [-0.3, -0.25) is 5.10 Å². The smallest absolute Gasteiger partial charge is 0.226 e. The molecule has 7 heteroatoms. The third kappa shape index (κ3) is 1.39. The van der Waals surface area contributed by atoms with Crippen molar-refractivity contribution in [1.29, 1.82) is 0 Å². The fraction of sp³-hybridized carbons (Fsp3) is 0.643. The molecular formula is C14H18N6O. The third-order valence-electron chi connectivity index (χ3n) is 5.66. The van der Waals surface area contributed by atoms with Crippen molar-refractivity contribution >= 4 is 22.8 Å². The number of ether oxygens (including phenoxy) is 1. The van der Waals surface area contributed by atoms with Gasteiger partial charge in [-0.1, -0.05) is 6.42 Å². The average molecular weight is 286 g/mol. The predicted octanol–water partition coefficient (Wildman–Crippen LogP) is 1.30. The molecule has 3 heterocycles. The Bertz CT molecular complexity index is 709. The Kier molecular flexibility index (Phi) is 2.15. The SMILES string of the molecule is Nc1nc(NC2C3CCOC3C23CCC3)nc2[nH]ncc12. The molecule has 5 rings (SSSR count). The van der Waals surface area contributed by atoms with Gasteiger partial charge in [-0.25, -0.2) is 0 Å². The fourth-order valence-electron chi connectivity index (χ4n) is 4.52. The zero-order valence-electron chi connectivity index (χ0n) is 11.7. The molecule has 21 heavy (non-hydrogen) atoms. The minimum atomic E-state index is 0.308. The van der Waals surface area contributed by atoms with Crippen LogP contribution in [-0.2, 0) is 4.74 Å². The number of anilines is 2. The predicted molar refractivity (Wildman–Crippen MR) is 77.6 cm³/mol. The number of H-pyrrole nitrogens is 1. The van der Waals surface area contributed by atoms with Gasteiger partial charge < -0.3 is 15.8 Å². The summed E-state index contributed by atoms with van der Waals surface area (Å²) in [6.07, 6.45) is 7.02. The summed E-state index contributed by atoms with van der Waals surface area (Å²) in [5, 5.41) is 11.1. The van der Waals surface area contributed by atoms with Crippen LogP contribution in [0.25, 0.3) is 11.0 Å². The van der Waals surface area contributed by atoms with Gasteiger partial charge in [0.25, 0.3) is 0 Å². The van der Waals surface area contributed by atoms with Crippen molar-refractivity contribution in [3.63, 3.8) is 0 Å². The van der Waals surface area contributed by atoms with Crippen molar-refractivity contribution in [2.45, 2.75) is 37.8 Å². The second kappa shape index (κ2) is 3.85. The monoisotopic (exact) mass is 286 g/mol. The fourth-order valence-corrected chi connectivity index (χ4v) is 4.52. The highest BCUT2D eigenvalue weighted by Crippen LogP contribution is 2.63. The van der Waals surface area contributed by atoms with Crippen LogP contribution in [0.4, 0.5) is 11.8 Å². The lowest BCUT2D eigenvalue weighted by Crippen LogP contribution is -2.69. The molecule has 2 saturated carbocycles. The topological polar surface area (TPSA) is 102 Å². The molecule has 3 atom stereocenters. The number of hydrogen-bond acceptors (Lipinski definition) is 6. The highest BCUT2D eigenvalue weighted by Gasteiger charge is 2.66. The van der Waals surface area contributed by atoms with Crippen molar-refractivity contribution in [2.75, 3.05) is 17.7 Å². The number of rotatable bonds is 2. The summed E-state index contributed by atoms with van der Waals surface area (Å²) in [7, 11) is 0. The van der Waals surface area contributed by atoms with Crippen LogP contribution in [0.15, 0.2) is 6.20 Å². The maximum absolute atomic E-state index is 5.98. The van der Waals surface area contributed by atoms with Crippen molar-refractivity contribution in [2.24, 2.45) is 11.3 Å². The first-order chi connectivity index (χ1) is 10.3. The van der Waals surface area contributed by atoms with Crippen LogP contribution in [0.5, 0.6) is 0 Å². The second-order valence-electron chi connectivity index (χ2n) is 6.52. The van der Waals surface area contributed by atoms with E-state index in [0.717, 1.165) is 18.4 Å². The lowest BCUT2D eigenvalue weighted by molar-refractivity contribution is -0.158. The number of fused-ring (bicyclic) bond motifs is 3. The molecule has 0 aromatic carbocycles. The maximum atomic E-state index is 5.98. The van der Waals surface area contributed by atoms with Crippen molar-refractivity contribution < 1.29 is 4.74 Å². The highest BCUT2D eigenvalue weighted by atomic mass is 16.5. The normalized spacial score (nSPS) is 32.7. The Labute approximate surface area is 121 Å². The summed E-state index contributed by atoms with van der Waals surface area (Å²) in [6.45, 7) is 0.887. The first-order valence-electron chi connectivity index (χ1n) is 7.63. The van der Waals surface area contributed by atoms with E-state index in [0.29, 0.717) is 40.9 Å². The Balaban J connectivity index is 1.48. The summed E-state index contributed by atoms with van der Waals surface area (Å²) in [5.74, 6) is 1.66. The Hall–Kier alpha value is -1.89. The third-order valence-corrected chi connectivity index (χ3v) is 5.66. The molecule has 3 fully saturated rings. The first kappa shape index (κ1) is 11.7. The van der Waals surface area contributed by atoms with E-state index in [1.54, 1.807) is 6.20 Å². The van der Waals surface area contributed by atoms with Crippen LogP contribution in [0.2, 0.25) is 0 Å². The van der Waals surface area contributed by atoms with E-state index in [4.69, 9.17) is 10.5 Å². The molecule has 0 bridgehead atoms. The van der Waals surface area contributed by atoms with Crippen LogP contribution >= 0.6 is 0 Å². The molecule has 0 amide bonds. The number of aromatic amines is 1. The molecule has 110 valence electrons. The van der Waals surface area contributed by atoms with Gasteiger partial charge in [0.15, 0.2) is 5.65 Å². The summed E-state index contributed by atoms with van der Waals surface area (Å²) in [6, 6.07) is 0.415. The van der Waals surface area contributed by atoms with Gasteiger partial charge in [-0.2, -0.15) is 15.1 Å². The van der Waals surface area contributed by atoms with Crippen LogP contribution in [0, 0.1) is 11.3 Å². The van der Waals surface area contributed by atoms with E-state index in [1.807, 2.05) is 0 Å². The largest absolute Gasteiger partial charge is 0.383 e. The molecular weight excluding hydrogens is 268 g/mol. The number of nitrogens with one attached hydrogen (secondary N) is 2. The van der Waals surface area contributed by atoms with Gasteiger partial charge in [-0.05, 0) is 19.3 Å². The van der Waals surface area contributed by atoms with Gasteiger partial charge in [-0.15, -0.1) is 0 Å². The molecule has 7 nitrogen and oxygen atoms in total. The Morgan fingerprint density at radius 2 is 2.29 bits per heavy atom. The van der Waals surface area contributed by atoms with Crippen LogP contribution in [0.3, 0.4) is 0 Å². The molecule has 1 saturated heterocycles. The molecule has 3 aliphatic rings. The van der Waals surface area contributed by atoms with E-state index in [1.165, 1.54) is 19.3 Å². The zero-order valence-corrected chi connectivity index (χ0v) is 11.7. The van der Waals surface area contributed by atoms with E-state index in [-0.39, 0.29) is 0 Å². The van der Waals surface area contributed by atoms with Crippen molar-refractivity contribution in [1.82, 2.24) is 20.2 Å². The average Bonchev–Trinajstić information content (AvgIpc) is 3.02. The molecule has 2 aromatic heterocycles. The summed E-state index contributed by atoms with van der Waals surface area (Å²) in [4.78, 5) is 8.88.